The van der Waals surface area contributed by atoms with Gasteiger partial charge in [-0.15, -0.1) is 0 Å². The minimum atomic E-state index is -2.30. The number of esters is 1. The molecule has 2 heterocycles. The van der Waals surface area contributed by atoms with Gasteiger partial charge in [-0.25, -0.2) is 26.7 Å². The van der Waals surface area contributed by atoms with Crippen LogP contribution in [0.15, 0.2) is 0 Å². The fraction of sp³-hybridized carbons (Fsp3) is 0.533. The standard InChI is InChI=1S/C15H14F5NO2/c1-21-6-2-3-7(21)5-8(4-6)23-15(22)9-10(16)12(18)14(20)13(19)11(9)17/h6-8H,2-5H2,1H3. The first kappa shape index (κ1) is 16.2. The summed E-state index contributed by atoms with van der Waals surface area (Å²) in [5.74, 6) is -12.5. The molecule has 0 N–H and O–H groups in total. The molecular formula is C15H14F5NO2. The number of piperidine rings is 1. The van der Waals surface area contributed by atoms with Crippen molar-refractivity contribution in [3.63, 3.8) is 0 Å². The Labute approximate surface area is 129 Å². The van der Waals surface area contributed by atoms with Crippen LogP contribution in [0.1, 0.15) is 36.0 Å². The predicted molar refractivity (Wildman–Crippen MR) is 69.2 cm³/mol. The van der Waals surface area contributed by atoms with Crippen molar-refractivity contribution in [2.75, 3.05) is 7.05 Å². The average molecular weight is 335 g/mol. The number of halogens is 5. The fourth-order valence-electron chi connectivity index (χ4n) is 3.45. The van der Waals surface area contributed by atoms with E-state index in [0.717, 1.165) is 12.8 Å². The minimum absolute atomic E-state index is 0.197. The van der Waals surface area contributed by atoms with Crippen LogP contribution in [0.3, 0.4) is 0 Å². The smallest absolute Gasteiger partial charge is 0.344 e. The Morgan fingerprint density at radius 2 is 1.35 bits per heavy atom. The summed E-state index contributed by atoms with van der Waals surface area (Å²) in [7, 11) is 1.95. The molecule has 3 rings (SSSR count). The second kappa shape index (κ2) is 5.74. The largest absolute Gasteiger partial charge is 0.459 e. The maximum absolute atomic E-state index is 13.6. The lowest BCUT2D eigenvalue weighted by Crippen LogP contribution is -2.43. The molecule has 0 radical (unpaired) electrons. The van der Waals surface area contributed by atoms with E-state index in [9.17, 15) is 26.7 Å². The van der Waals surface area contributed by atoms with E-state index in [2.05, 4.69) is 4.90 Å². The van der Waals surface area contributed by atoms with Gasteiger partial charge in [-0.1, -0.05) is 0 Å². The molecule has 2 aliphatic rings. The molecule has 2 unspecified atom stereocenters. The summed E-state index contributed by atoms with van der Waals surface area (Å²) >= 11 is 0. The zero-order chi connectivity index (χ0) is 16.9. The van der Waals surface area contributed by atoms with Crippen molar-refractivity contribution < 1.29 is 31.5 Å². The molecule has 8 heteroatoms. The van der Waals surface area contributed by atoms with E-state index in [1.807, 2.05) is 7.05 Å². The minimum Gasteiger partial charge on any atom is -0.459 e. The van der Waals surface area contributed by atoms with E-state index in [4.69, 9.17) is 4.74 Å². The molecule has 2 aliphatic heterocycles. The van der Waals surface area contributed by atoms with Crippen molar-refractivity contribution in [1.82, 2.24) is 4.90 Å². The molecule has 2 bridgehead atoms. The normalized spacial score (nSPS) is 27.3. The van der Waals surface area contributed by atoms with Crippen LogP contribution >= 0.6 is 0 Å². The van der Waals surface area contributed by atoms with Gasteiger partial charge in [-0.3, -0.25) is 0 Å². The van der Waals surface area contributed by atoms with Crippen LogP contribution in [-0.4, -0.2) is 36.1 Å². The Hall–Kier alpha value is -1.70. The number of carbonyl (C=O) groups excluding carboxylic acids is 1. The quantitative estimate of drug-likeness (QED) is 0.360. The van der Waals surface area contributed by atoms with Crippen molar-refractivity contribution in [3.8, 4) is 0 Å². The summed E-state index contributed by atoms with van der Waals surface area (Å²) in [6.07, 6.45) is 2.23. The molecule has 1 aromatic rings. The zero-order valence-electron chi connectivity index (χ0n) is 12.2. The van der Waals surface area contributed by atoms with Crippen LogP contribution < -0.4 is 0 Å². The summed E-state index contributed by atoms with van der Waals surface area (Å²) in [4.78, 5) is 14.1. The summed E-state index contributed by atoms with van der Waals surface area (Å²) in [6.45, 7) is 0. The maximum atomic E-state index is 13.6. The molecule has 23 heavy (non-hydrogen) atoms. The number of nitrogens with zero attached hydrogens (tertiary/aromatic N) is 1. The molecule has 0 spiro atoms. The topological polar surface area (TPSA) is 29.5 Å². The third-order valence-electron chi connectivity index (χ3n) is 4.74. The molecule has 0 saturated carbocycles. The van der Waals surface area contributed by atoms with E-state index in [1.54, 1.807) is 0 Å². The number of ether oxygens (including phenoxy) is 1. The highest BCUT2D eigenvalue weighted by atomic mass is 19.2. The van der Waals surface area contributed by atoms with Gasteiger partial charge in [0.05, 0.1) is 0 Å². The zero-order valence-corrected chi connectivity index (χ0v) is 12.2. The summed E-state index contributed by atoms with van der Waals surface area (Å²) in [5.41, 5.74) is -1.53. The van der Waals surface area contributed by atoms with Gasteiger partial charge in [0, 0.05) is 24.9 Å². The predicted octanol–water partition coefficient (Wildman–Crippen LogP) is 3.16. The van der Waals surface area contributed by atoms with Crippen LogP contribution in [0.25, 0.3) is 0 Å². The van der Waals surface area contributed by atoms with Crippen LogP contribution in [0.2, 0.25) is 0 Å². The molecule has 1 aromatic carbocycles. The first-order valence-electron chi connectivity index (χ1n) is 7.25. The number of hydrogen-bond acceptors (Lipinski definition) is 3. The highest BCUT2D eigenvalue weighted by Gasteiger charge is 2.41. The number of fused-ring (bicyclic) bond motifs is 2. The van der Waals surface area contributed by atoms with Crippen LogP contribution in [0, 0.1) is 29.1 Å². The second-order valence-electron chi connectivity index (χ2n) is 5.99. The first-order valence-corrected chi connectivity index (χ1v) is 7.25. The van der Waals surface area contributed by atoms with Gasteiger partial charge >= 0.3 is 5.97 Å². The van der Waals surface area contributed by atoms with Crippen LogP contribution in [0.5, 0.6) is 0 Å². The molecule has 2 saturated heterocycles. The van der Waals surface area contributed by atoms with Crippen molar-refractivity contribution in [2.24, 2.45) is 0 Å². The van der Waals surface area contributed by atoms with E-state index >= 15 is 0 Å². The van der Waals surface area contributed by atoms with Crippen molar-refractivity contribution in [2.45, 2.75) is 43.9 Å². The molecule has 2 fully saturated rings. The number of benzene rings is 1. The lowest BCUT2D eigenvalue weighted by atomic mass is 10.0. The Balaban J connectivity index is 1.82. The summed E-state index contributed by atoms with van der Waals surface area (Å²) in [5, 5.41) is 0. The lowest BCUT2D eigenvalue weighted by Gasteiger charge is -2.35. The second-order valence-corrected chi connectivity index (χ2v) is 5.99. The molecule has 3 nitrogen and oxygen atoms in total. The van der Waals surface area contributed by atoms with Crippen molar-refractivity contribution in [3.05, 3.63) is 34.6 Å². The van der Waals surface area contributed by atoms with Gasteiger partial charge in [0.15, 0.2) is 23.3 Å². The third-order valence-corrected chi connectivity index (χ3v) is 4.74. The van der Waals surface area contributed by atoms with Crippen LogP contribution in [-0.2, 0) is 4.74 Å². The molecule has 0 aromatic heterocycles. The SMILES string of the molecule is CN1C2CCC1CC(OC(=O)c1c(F)c(F)c(F)c(F)c1F)C2. The van der Waals surface area contributed by atoms with Gasteiger partial charge in [0.25, 0.3) is 0 Å². The fourth-order valence-corrected chi connectivity index (χ4v) is 3.45. The van der Waals surface area contributed by atoms with Gasteiger partial charge in [0.1, 0.15) is 11.7 Å². The monoisotopic (exact) mass is 335 g/mol. The van der Waals surface area contributed by atoms with Gasteiger partial charge < -0.3 is 9.64 Å². The number of hydrogen-bond donors (Lipinski definition) is 0. The van der Waals surface area contributed by atoms with Crippen molar-refractivity contribution in [1.29, 1.82) is 0 Å². The molecule has 0 amide bonds. The first-order chi connectivity index (χ1) is 10.8. The molecule has 2 atom stereocenters. The van der Waals surface area contributed by atoms with Gasteiger partial charge in [-0.05, 0) is 19.9 Å². The van der Waals surface area contributed by atoms with Gasteiger partial charge in [-0.2, -0.15) is 0 Å². The highest BCUT2D eigenvalue weighted by molar-refractivity contribution is 5.90. The maximum Gasteiger partial charge on any atom is 0.344 e. The van der Waals surface area contributed by atoms with E-state index in [-0.39, 0.29) is 12.1 Å². The molecule has 126 valence electrons. The number of rotatable bonds is 2. The Kier molecular flexibility index (Phi) is 4.03. The summed E-state index contributed by atoms with van der Waals surface area (Å²) in [6, 6.07) is 0.394. The molecule has 0 aliphatic carbocycles. The summed E-state index contributed by atoms with van der Waals surface area (Å²) < 4.78 is 71.5. The van der Waals surface area contributed by atoms with Crippen LogP contribution in [0.4, 0.5) is 22.0 Å². The number of carbonyl (C=O) groups is 1. The van der Waals surface area contributed by atoms with Crippen molar-refractivity contribution >= 4 is 5.97 Å². The Morgan fingerprint density at radius 3 is 1.83 bits per heavy atom. The molecular weight excluding hydrogens is 321 g/mol. The Morgan fingerprint density at radius 1 is 0.913 bits per heavy atom. The average Bonchev–Trinajstić information content (AvgIpc) is 2.73. The Bertz CT molecular complexity index is 623. The van der Waals surface area contributed by atoms with E-state index in [0.29, 0.717) is 12.8 Å². The van der Waals surface area contributed by atoms with E-state index < -0.39 is 46.7 Å². The van der Waals surface area contributed by atoms with E-state index in [1.165, 1.54) is 0 Å². The van der Waals surface area contributed by atoms with Gasteiger partial charge in [0.2, 0.25) is 5.82 Å². The third kappa shape index (κ3) is 2.58. The highest BCUT2D eigenvalue weighted by Crippen LogP contribution is 2.36. The lowest BCUT2D eigenvalue weighted by molar-refractivity contribution is -0.00148.